The van der Waals surface area contributed by atoms with Gasteiger partial charge in [-0.1, -0.05) is 28.1 Å². The van der Waals surface area contributed by atoms with Gasteiger partial charge in [0.05, 0.1) is 12.7 Å². The molecule has 17 heavy (non-hydrogen) atoms. The largest absolute Gasteiger partial charge is 0.267 e. The van der Waals surface area contributed by atoms with Gasteiger partial charge < -0.3 is 0 Å². The van der Waals surface area contributed by atoms with Crippen LogP contribution in [0.5, 0.6) is 0 Å². The third-order valence-electron chi connectivity index (χ3n) is 2.15. The van der Waals surface area contributed by atoms with Gasteiger partial charge in [-0.2, -0.15) is 5.10 Å². The lowest BCUT2D eigenvalue weighted by Gasteiger charge is -2.01. The molecule has 1 heterocycles. The Labute approximate surface area is 112 Å². The zero-order chi connectivity index (χ0) is 12.5. The summed E-state index contributed by atoms with van der Waals surface area (Å²) in [5.74, 6) is 0. The van der Waals surface area contributed by atoms with E-state index in [0.717, 1.165) is 10.0 Å². The fraction of sp³-hybridized carbons (Fsp3) is 0.100. The van der Waals surface area contributed by atoms with Crippen molar-refractivity contribution in [2.45, 2.75) is 11.4 Å². The van der Waals surface area contributed by atoms with Crippen molar-refractivity contribution in [3.63, 3.8) is 0 Å². The molecule has 0 aliphatic rings. The van der Waals surface area contributed by atoms with E-state index in [0.29, 0.717) is 6.54 Å². The van der Waals surface area contributed by atoms with Gasteiger partial charge in [0.1, 0.15) is 4.90 Å². The summed E-state index contributed by atoms with van der Waals surface area (Å²) in [4.78, 5) is 0.0104. The molecule has 2 aromatic rings. The SMILES string of the molecule is O=S(=O)(Cl)c1cnn(Cc2ccc(Br)cc2)c1. The van der Waals surface area contributed by atoms with E-state index in [-0.39, 0.29) is 4.90 Å². The highest BCUT2D eigenvalue weighted by Crippen LogP contribution is 2.15. The van der Waals surface area contributed by atoms with Crippen LogP contribution in [0.2, 0.25) is 0 Å². The van der Waals surface area contributed by atoms with Crippen molar-refractivity contribution in [2.24, 2.45) is 0 Å². The molecule has 0 bridgehead atoms. The lowest BCUT2D eigenvalue weighted by atomic mass is 10.2. The summed E-state index contributed by atoms with van der Waals surface area (Å²) in [5, 5.41) is 3.94. The molecule has 1 aromatic heterocycles. The zero-order valence-electron chi connectivity index (χ0n) is 8.55. The second-order valence-corrected chi connectivity index (χ2v) is 6.92. The number of hydrogen-bond acceptors (Lipinski definition) is 3. The van der Waals surface area contributed by atoms with Gasteiger partial charge in [0, 0.05) is 21.4 Å². The summed E-state index contributed by atoms with van der Waals surface area (Å²) in [7, 11) is 1.51. The first-order chi connectivity index (χ1) is 7.95. The minimum absolute atomic E-state index is 0.0104. The molecule has 0 saturated heterocycles. The Morgan fingerprint density at radius 1 is 1.29 bits per heavy atom. The van der Waals surface area contributed by atoms with E-state index in [2.05, 4.69) is 21.0 Å². The molecule has 0 aliphatic heterocycles. The fourth-order valence-corrected chi connectivity index (χ4v) is 2.26. The van der Waals surface area contributed by atoms with E-state index in [4.69, 9.17) is 10.7 Å². The van der Waals surface area contributed by atoms with E-state index in [9.17, 15) is 8.42 Å². The van der Waals surface area contributed by atoms with Gasteiger partial charge in [-0.3, -0.25) is 4.68 Å². The molecular formula is C10H8BrClN2O2S. The number of rotatable bonds is 3. The maximum absolute atomic E-state index is 11.0. The molecule has 0 aliphatic carbocycles. The van der Waals surface area contributed by atoms with E-state index in [1.165, 1.54) is 17.1 Å². The second kappa shape index (κ2) is 4.80. The molecular weight excluding hydrogens is 328 g/mol. The average molecular weight is 336 g/mol. The van der Waals surface area contributed by atoms with Crippen molar-refractivity contribution in [1.29, 1.82) is 0 Å². The van der Waals surface area contributed by atoms with Crippen LogP contribution in [0.3, 0.4) is 0 Å². The lowest BCUT2D eigenvalue weighted by molar-refractivity contribution is 0.609. The van der Waals surface area contributed by atoms with Gasteiger partial charge >= 0.3 is 0 Å². The normalized spacial score (nSPS) is 11.6. The second-order valence-electron chi connectivity index (χ2n) is 3.44. The topological polar surface area (TPSA) is 52.0 Å². The fourth-order valence-electron chi connectivity index (χ4n) is 1.33. The van der Waals surface area contributed by atoms with Crippen molar-refractivity contribution in [3.05, 3.63) is 46.7 Å². The maximum atomic E-state index is 11.0. The number of halogens is 2. The smallest absolute Gasteiger partial charge is 0.264 e. The monoisotopic (exact) mass is 334 g/mol. The standard InChI is InChI=1S/C10H8BrClN2O2S/c11-9-3-1-8(2-4-9)6-14-7-10(5-13-14)17(12,15)16/h1-5,7H,6H2. The van der Waals surface area contributed by atoms with Crippen molar-refractivity contribution in [2.75, 3.05) is 0 Å². The minimum atomic E-state index is -3.70. The molecule has 0 fully saturated rings. The Morgan fingerprint density at radius 3 is 2.47 bits per heavy atom. The highest BCUT2D eigenvalue weighted by atomic mass is 79.9. The van der Waals surface area contributed by atoms with Crippen molar-refractivity contribution >= 4 is 35.7 Å². The molecule has 4 nitrogen and oxygen atoms in total. The first-order valence-electron chi connectivity index (χ1n) is 4.67. The minimum Gasteiger partial charge on any atom is -0.267 e. The van der Waals surface area contributed by atoms with Crippen LogP contribution in [0.1, 0.15) is 5.56 Å². The van der Waals surface area contributed by atoms with Crippen LogP contribution in [0.15, 0.2) is 46.0 Å². The maximum Gasteiger partial charge on any atom is 0.264 e. The molecule has 0 saturated carbocycles. The van der Waals surface area contributed by atoms with Gasteiger partial charge in [0.15, 0.2) is 0 Å². The van der Waals surface area contributed by atoms with Crippen LogP contribution < -0.4 is 0 Å². The first-order valence-corrected chi connectivity index (χ1v) is 7.77. The number of nitrogens with zero attached hydrogens (tertiary/aromatic N) is 2. The lowest BCUT2D eigenvalue weighted by Crippen LogP contribution is -1.99. The van der Waals surface area contributed by atoms with Crippen LogP contribution in [0.25, 0.3) is 0 Å². The van der Waals surface area contributed by atoms with Gasteiger partial charge in [-0.05, 0) is 17.7 Å². The van der Waals surface area contributed by atoms with E-state index in [1.54, 1.807) is 0 Å². The highest BCUT2D eigenvalue weighted by molar-refractivity contribution is 9.10. The Balaban J connectivity index is 2.20. The molecule has 0 N–H and O–H groups in total. The van der Waals surface area contributed by atoms with Crippen LogP contribution >= 0.6 is 26.6 Å². The van der Waals surface area contributed by atoms with Crippen LogP contribution in [0.4, 0.5) is 0 Å². The Morgan fingerprint density at radius 2 is 1.94 bits per heavy atom. The van der Waals surface area contributed by atoms with Crippen LogP contribution in [-0.2, 0) is 15.6 Å². The summed E-state index contributed by atoms with van der Waals surface area (Å²) >= 11 is 3.34. The van der Waals surface area contributed by atoms with E-state index < -0.39 is 9.05 Å². The van der Waals surface area contributed by atoms with Crippen molar-refractivity contribution in [3.8, 4) is 0 Å². The molecule has 0 spiro atoms. The zero-order valence-corrected chi connectivity index (χ0v) is 11.7. The van der Waals surface area contributed by atoms with E-state index in [1.807, 2.05) is 24.3 Å². The number of hydrogen-bond donors (Lipinski definition) is 0. The molecule has 90 valence electrons. The summed E-state index contributed by atoms with van der Waals surface area (Å²) < 4.78 is 24.6. The molecule has 0 atom stereocenters. The molecule has 0 unspecified atom stereocenters. The third-order valence-corrected chi connectivity index (χ3v) is 3.99. The predicted octanol–water partition coefficient (Wildman–Crippen LogP) is 2.62. The summed E-state index contributed by atoms with van der Waals surface area (Å²) in [6.07, 6.45) is 2.64. The molecule has 1 aromatic carbocycles. The van der Waals surface area contributed by atoms with Gasteiger partial charge in [0.2, 0.25) is 0 Å². The van der Waals surface area contributed by atoms with Crippen molar-refractivity contribution < 1.29 is 8.42 Å². The average Bonchev–Trinajstić information content (AvgIpc) is 2.69. The molecule has 0 radical (unpaired) electrons. The molecule has 0 amide bonds. The van der Waals surface area contributed by atoms with Crippen molar-refractivity contribution in [1.82, 2.24) is 9.78 Å². The predicted molar refractivity (Wildman–Crippen MR) is 68.5 cm³/mol. The number of aromatic nitrogens is 2. The summed E-state index contributed by atoms with van der Waals surface area (Å²) in [6, 6.07) is 7.69. The van der Waals surface area contributed by atoms with Gasteiger partial charge in [0.25, 0.3) is 9.05 Å². The number of benzene rings is 1. The third kappa shape index (κ3) is 3.31. The van der Waals surface area contributed by atoms with Gasteiger partial charge in [-0.15, -0.1) is 0 Å². The highest BCUT2D eigenvalue weighted by Gasteiger charge is 2.12. The summed E-state index contributed by atoms with van der Waals surface area (Å²) in [6.45, 7) is 0.500. The van der Waals surface area contributed by atoms with Gasteiger partial charge in [-0.25, -0.2) is 8.42 Å². The molecule has 7 heteroatoms. The summed E-state index contributed by atoms with van der Waals surface area (Å²) in [5.41, 5.74) is 1.02. The Kier molecular flexibility index (Phi) is 3.56. The Bertz CT molecular complexity index is 622. The first kappa shape index (κ1) is 12.6. The van der Waals surface area contributed by atoms with Crippen LogP contribution in [-0.4, -0.2) is 18.2 Å². The quantitative estimate of drug-likeness (QED) is 0.810. The molecule has 2 rings (SSSR count). The Hall–Kier alpha value is -0.850. The van der Waals surface area contributed by atoms with E-state index >= 15 is 0 Å². The van der Waals surface area contributed by atoms with Crippen LogP contribution in [0, 0.1) is 0 Å².